The number of likely N-dealkylation sites (tertiary alicyclic amines) is 1. The lowest BCUT2D eigenvalue weighted by Gasteiger charge is -2.19. The fraction of sp³-hybridized carbons (Fsp3) is 0.409. The molecule has 0 bridgehead atoms. The molecule has 2 fully saturated rings. The highest BCUT2D eigenvalue weighted by molar-refractivity contribution is 5.97. The number of amides is 2. The van der Waals surface area contributed by atoms with Crippen LogP contribution in [0.15, 0.2) is 30.5 Å². The van der Waals surface area contributed by atoms with Crippen molar-refractivity contribution in [3.63, 3.8) is 0 Å². The lowest BCUT2D eigenvalue weighted by molar-refractivity contribution is -0.131. The summed E-state index contributed by atoms with van der Waals surface area (Å²) in [6.45, 7) is -0.891. The second-order valence-corrected chi connectivity index (χ2v) is 8.12. The zero-order valence-corrected chi connectivity index (χ0v) is 17.1. The maximum Gasteiger partial charge on any atom is 0.268 e. The lowest BCUT2D eigenvalue weighted by atomic mass is 10.1. The molecule has 1 aromatic carbocycles. The quantitative estimate of drug-likeness (QED) is 0.742. The predicted molar refractivity (Wildman–Crippen MR) is 107 cm³/mol. The van der Waals surface area contributed by atoms with Crippen LogP contribution in [0, 0.1) is 22.7 Å². The van der Waals surface area contributed by atoms with Crippen molar-refractivity contribution in [3.8, 4) is 12.1 Å². The van der Waals surface area contributed by atoms with E-state index in [0.29, 0.717) is 23.4 Å². The molecule has 1 aromatic heterocycles. The van der Waals surface area contributed by atoms with Gasteiger partial charge >= 0.3 is 0 Å². The number of rotatable bonds is 6. The van der Waals surface area contributed by atoms with Crippen molar-refractivity contribution >= 4 is 11.8 Å². The summed E-state index contributed by atoms with van der Waals surface area (Å²) < 4.78 is 28.8. The van der Waals surface area contributed by atoms with Gasteiger partial charge in [0.25, 0.3) is 11.8 Å². The smallest absolute Gasteiger partial charge is 0.268 e. The highest BCUT2D eigenvalue weighted by atomic mass is 19.3. The standard InChI is InChI=1S/C22H20F2N6O2/c23-22(24)7-17(9-26)30(13-22)19(31)10-27-21(32)18-12-29(28-20(18)16-5-6-16)11-15-3-1-14(8-25)2-4-15/h1-4,12,16-17H,5-7,10-11,13H2,(H,27,32)/t17-/m0/s1. The number of alkyl halides is 2. The molecule has 1 saturated carbocycles. The maximum atomic E-state index is 13.6. The van der Waals surface area contributed by atoms with Crippen LogP contribution < -0.4 is 5.32 Å². The van der Waals surface area contributed by atoms with Crippen molar-refractivity contribution in [1.29, 1.82) is 10.5 Å². The zero-order valence-electron chi connectivity index (χ0n) is 17.1. The molecule has 1 aliphatic carbocycles. The van der Waals surface area contributed by atoms with Crippen LogP contribution in [-0.2, 0) is 11.3 Å². The Bertz CT molecular complexity index is 1120. The molecule has 32 heavy (non-hydrogen) atoms. The number of carbonyl (C=O) groups is 2. The van der Waals surface area contributed by atoms with Crippen molar-refractivity contribution in [2.45, 2.75) is 43.7 Å². The summed E-state index contributed by atoms with van der Waals surface area (Å²) >= 11 is 0. The molecule has 4 rings (SSSR count). The van der Waals surface area contributed by atoms with Gasteiger partial charge in [0, 0.05) is 18.5 Å². The van der Waals surface area contributed by atoms with Crippen LogP contribution in [0.5, 0.6) is 0 Å². The minimum absolute atomic E-state index is 0.175. The number of nitriles is 2. The van der Waals surface area contributed by atoms with E-state index in [1.807, 2.05) is 12.1 Å². The molecule has 2 heterocycles. The second kappa shape index (κ2) is 8.39. The summed E-state index contributed by atoms with van der Waals surface area (Å²) in [6.07, 6.45) is 2.74. The minimum atomic E-state index is -3.11. The Morgan fingerprint density at radius 3 is 2.56 bits per heavy atom. The van der Waals surface area contributed by atoms with Crippen LogP contribution >= 0.6 is 0 Å². The van der Waals surface area contributed by atoms with Gasteiger partial charge in [0.1, 0.15) is 6.04 Å². The molecule has 2 aliphatic rings. The van der Waals surface area contributed by atoms with Gasteiger partial charge in [0.05, 0.1) is 48.6 Å². The Hall–Kier alpha value is -3.79. The third kappa shape index (κ3) is 4.59. The molecule has 0 radical (unpaired) electrons. The van der Waals surface area contributed by atoms with Crippen LogP contribution in [0.25, 0.3) is 0 Å². The van der Waals surface area contributed by atoms with Crippen LogP contribution in [0.1, 0.15) is 52.4 Å². The Labute approximate surface area is 183 Å². The Morgan fingerprint density at radius 1 is 1.22 bits per heavy atom. The van der Waals surface area contributed by atoms with Crippen molar-refractivity contribution < 1.29 is 18.4 Å². The third-order valence-electron chi connectivity index (χ3n) is 5.57. The normalized spacial score (nSPS) is 19.2. The monoisotopic (exact) mass is 438 g/mol. The number of aromatic nitrogens is 2. The van der Waals surface area contributed by atoms with E-state index < -0.39 is 43.3 Å². The van der Waals surface area contributed by atoms with Gasteiger partial charge in [-0.2, -0.15) is 15.6 Å². The van der Waals surface area contributed by atoms with Gasteiger partial charge in [-0.1, -0.05) is 12.1 Å². The molecule has 1 atom stereocenters. The predicted octanol–water partition coefficient (Wildman–Crippen LogP) is 2.17. The number of hydrogen-bond donors (Lipinski definition) is 1. The molecule has 164 valence electrons. The summed E-state index contributed by atoms with van der Waals surface area (Å²) in [5.74, 6) is -4.16. The number of carbonyl (C=O) groups excluding carboxylic acids is 2. The van der Waals surface area contributed by atoms with Gasteiger partial charge in [0.15, 0.2) is 0 Å². The van der Waals surface area contributed by atoms with Gasteiger partial charge in [-0.05, 0) is 30.5 Å². The number of nitrogens with zero attached hydrogens (tertiary/aromatic N) is 5. The molecule has 10 heteroatoms. The van der Waals surface area contributed by atoms with Crippen LogP contribution in [0.2, 0.25) is 0 Å². The fourth-order valence-electron chi connectivity index (χ4n) is 3.77. The molecular weight excluding hydrogens is 418 g/mol. The van der Waals surface area contributed by atoms with Gasteiger partial charge in [-0.15, -0.1) is 0 Å². The Kier molecular flexibility index (Phi) is 5.62. The number of halogens is 2. The van der Waals surface area contributed by atoms with E-state index in [-0.39, 0.29) is 5.92 Å². The summed E-state index contributed by atoms with van der Waals surface area (Å²) in [4.78, 5) is 25.9. The molecule has 2 aromatic rings. The van der Waals surface area contributed by atoms with E-state index >= 15 is 0 Å². The summed E-state index contributed by atoms with van der Waals surface area (Å²) in [5.41, 5.74) is 2.45. The summed E-state index contributed by atoms with van der Waals surface area (Å²) in [6, 6.07) is 9.61. The Morgan fingerprint density at radius 2 is 1.94 bits per heavy atom. The topological polar surface area (TPSA) is 115 Å². The first-order valence-electron chi connectivity index (χ1n) is 10.2. The van der Waals surface area contributed by atoms with Crippen LogP contribution in [0.3, 0.4) is 0 Å². The van der Waals surface area contributed by atoms with E-state index in [0.717, 1.165) is 23.3 Å². The van der Waals surface area contributed by atoms with Gasteiger partial charge < -0.3 is 10.2 Å². The molecule has 1 N–H and O–H groups in total. The maximum absolute atomic E-state index is 13.6. The number of benzene rings is 1. The fourth-order valence-corrected chi connectivity index (χ4v) is 3.77. The number of nitrogens with one attached hydrogen (secondary N) is 1. The minimum Gasteiger partial charge on any atom is -0.343 e. The highest BCUT2D eigenvalue weighted by Crippen LogP contribution is 2.40. The molecule has 0 unspecified atom stereocenters. The summed E-state index contributed by atoms with van der Waals surface area (Å²) in [7, 11) is 0. The highest BCUT2D eigenvalue weighted by Gasteiger charge is 2.47. The molecule has 0 spiro atoms. The average molecular weight is 438 g/mol. The van der Waals surface area contributed by atoms with E-state index in [2.05, 4.69) is 16.5 Å². The van der Waals surface area contributed by atoms with E-state index in [9.17, 15) is 18.4 Å². The van der Waals surface area contributed by atoms with E-state index in [4.69, 9.17) is 10.5 Å². The van der Waals surface area contributed by atoms with Crippen molar-refractivity contribution in [2.24, 2.45) is 0 Å². The first-order valence-corrected chi connectivity index (χ1v) is 10.2. The van der Waals surface area contributed by atoms with Gasteiger partial charge in [-0.3, -0.25) is 14.3 Å². The average Bonchev–Trinajstić information content (AvgIpc) is 3.46. The van der Waals surface area contributed by atoms with Crippen LogP contribution in [-0.4, -0.2) is 51.5 Å². The molecule has 1 saturated heterocycles. The van der Waals surface area contributed by atoms with E-state index in [1.165, 1.54) is 0 Å². The first kappa shape index (κ1) is 21.4. The van der Waals surface area contributed by atoms with Gasteiger partial charge in [0.2, 0.25) is 5.91 Å². The SMILES string of the molecule is N#Cc1ccc(Cn2cc(C(=O)NCC(=O)N3CC(F)(F)C[C@H]3C#N)c(C3CC3)n2)cc1. The lowest BCUT2D eigenvalue weighted by Crippen LogP contribution is -2.43. The van der Waals surface area contributed by atoms with Crippen molar-refractivity contribution in [3.05, 3.63) is 52.8 Å². The van der Waals surface area contributed by atoms with E-state index in [1.54, 1.807) is 29.1 Å². The van der Waals surface area contributed by atoms with Gasteiger partial charge in [-0.25, -0.2) is 8.78 Å². The molecular formula is C22H20F2N6O2. The first-order chi connectivity index (χ1) is 15.3. The summed E-state index contributed by atoms with van der Waals surface area (Å²) in [5, 5.41) is 25.0. The van der Waals surface area contributed by atoms with Crippen molar-refractivity contribution in [1.82, 2.24) is 20.0 Å². The zero-order chi connectivity index (χ0) is 22.9. The molecule has 2 amide bonds. The second-order valence-electron chi connectivity index (χ2n) is 8.12. The van der Waals surface area contributed by atoms with Crippen molar-refractivity contribution in [2.75, 3.05) is 13.1 Å². The third-order valence-corrected chi connectivity index (χ3v) is 5.57. The largest absolute Gasteiger partial charge is 0.343 e. The van der Waals surface area contributed by atoms with Crippen LogP contribution in [0.4, 0.5) is 8.78 Å². The number of hydrogen-bond acceptors (Lipinski definition) is 5. The molecule has 1 aliphatic heterocycles. The Balaban J connectivity index is 1.43. The molecule has 8 nitrogen and oxygen atoms in total.